The van der Waals surface area contributed by atoms with Crippen molar-refractivity contribution in [3.8, 4) is 0 Å². The largest absolute Gasteiger partial charge is 0.299 e. The standard InChI is InChI=1S/C8H18N2S/c1-2-3-4-5-6-7-11-8(9)10/h2-7H2,1H3,(H3,9,10)/p+1. The van der Waals surface area contributed by atoms with Crippen LogP contribution in [-0.2, 0) is 0 Å². The highest BCUT2D eigenvalue weighted by molar-refractivity contribution is 8.13. The summed E-state index contributed by atoms with van der Waals surface area (Å²) in [5, 5.41) is 5.79. The lowest BCUT2D eigenvalue weighted by atomic mass is 10.2. The molecule has 0 amide bonds. The van der Waals surface area contributed by atoms with Crippen molar-refractivity contribution in [1.82, 2.24) is 0 Å². The van der Waals surface area contributed by atoms with Gasteiger partial charge in [-0.15, -0.1) is 0 Å². The van der Waals surface area contributed by atoms with E-state index in [9.17, 15) is 0 Å². The monoisotopic (exact) mass is 175 g/mol. The van der Waals surface area contributed by atoms with Gasteiger partial charge in [-0.2, -0.15) is 0 Å². The number of rotatable bonds is 6. The van der Waals surface area contributed by atoms with Gasteiger partial charge >= 0.3 is 0 Å². The number of unbranched alkanes of at least 4 members (excludes halogenated alkanes) is 4. The SMILES string of the molecule is CCCCCCCSC(N)=[NH2+]. The first-order valence-corrected chi connectivity index (χ1v) is 5.26. The molecule has 0 aromatic carbocycles. The molecule has 0 heterocycles. The lowest BCUT2D eigenvalue weighted by molar-refractivity contribution is -0.110. The third-order valence-corrected chi connectivity index (χ3v) is 2.34. The minimum atomic E-state index is 0.500. The van der Waals surface area contributed by atoms with E-state index in [1.165, 1.54) is 32.1 Å². The molecule has 11 heavy (non-hydrogen) atoms. The van der Waals surface area contributed by atoms with E-state index in [-0.39, 0.29) is 0 Å². The smallest absolute Gasteiger partial charge is 0.282 e. The Morgan fingerprint density at radius 2 is 1.91 bits per heavy atom. The Morgan fingerprint density at radius 3 is 2.45 bits per heavy atom. The Kier molecular flexibility index (Phi) is 7.79. The molecule has 0 saturated carbocycles. The average molecular weight is 175 g/mol. The maximum atomic E-state index is 5.29. The molecule has 2 nitrogen and oxygen atoms in total. The summed E-state index contributed by atoms with van der Waals surface area (Å²) in [5.74, 6) is 1.08. The van der Waals surface area contributed by atoms with Gasteiger partial charge in [0.15, 0.2) is 0 Å². The maximum absolute atomic E-state index is 5.29. The van der Waals surface area contributed by atoms with Crippen LogP contribution >= 0.6 is 11.8 Å². The zero-order valence-corrected chi connectivity index (χ0v) is 8.12. The molecule has 0 unspecified atom stereocenters. The molecule has 0 saturated heterocycles. The first-order chi connectivity index (χ1) is 5.27. The summed E-state index contributed by atoms with van der Waals surface area (Å²) in [5.41, 5.74) is 5.29. The number of hydrogen-bond donors (Lipinski definition) is 2. The molecule has 4 N–H and O–H groups in total. The molecule has 0 aromatic heterocycles. The van der Waals surface area contributed by atoms with E-state index in [1.807, 2.05) is 0 Å². The molecule has 0 bridgehead atoms. The van der Waals surface area contributed by atoms with Crippen LogP contribution in [0.2, 0.25) is 0 Å². The van der Waals surface area contributed by atoms with Crippen LogP contribution in [0, 0.1) is 0 Å². The molecular weight excluding hydrogens is 156 g/mol. The van der Waals surface area contributed by atoms with E-state index in [0.29, 0.717) is 5.17 Å². The summed E-state index contributed by atoms with van der Waals surface area (Å²) < 4.78 is 0. The van der Waals surface area contributed by atoms with Crippen LogP contribution in [0.1, 0.15) is 39.0 Å². The zero-order chi connectivity index (χ0) is 8.53. The molecule has 0 aliphatic rings. The minimum absolute atomic E-state index is 0.500. The van der Waals surface area contributed by atoms with Crippen LogP contribution < -0.4 is 11.1 Å². The highest BCUT2D eigenvalue weighted by Gasteiger charge is 1.95. The first-order valence-electron chi connectivity index (χ1n) is 4.28. The summed E-state index contributed by atoms with van der Waals surface area (Å²) >= 11 is 1.56. The first kappa shape index (κ1) is 10.8. The van der Waals surface area contributed by atoms with Crippen LogP contribution in [-0.4, -0.2) is 10.9 Å². The normalized spacial score (nSPS) is 9.91. The average Bonchev–Trinajstić information content (AvgIpc) is 1.96. The summed E-state index contributed by atoms with van der Waals surface area (Å²) in [6.45, 7) is 2.22. The van der Waals surface area contributed by atoms with Crippen LogP contribution in [0.4, 0.5) is 0 Å². The van der Waals surface area contributed by atoms with Crippen molar-refractivity contribution in [3.63, 3.8) is 0 Å². The number of hydrogen-bond acceptors (Lipinski definition) is 1. The molecule has 0 radical (unpaired) electrons. The van der Waals surface area contributed by atoms with Crippen molar-refractivity contribution in [2.75, 3.05) is 5.75 Å². The molecule has 0 fully saturated rings. The van der Waals surface area contributed by atoms with Crippen LogP contribution in [0.5, 0.6) is 0 Å². The quantitative estimate of drug-likeness (QED) is 0.356. The molecule has 66 valence electrons. The van der Waals surface area contributed by atoms with E-state index < -0.39 is 0 Å². The number of nitrogens with two attached hydrogens (primary N) is 2. The van der Waals surface area contributed by atoms with Gasteiger partial charge in [-0.3, -0.25) is 11.1 Å². The Balaban J connectivity index is 2.85. The van der Waals surface area contributed by atoms with Crippen molar-refractivity contribution >= 4 is 16.9 Å². The number of thioether (sulfide) groups is 1. The summed E-state index contributed by atoms with van der Waals surface area (Å²) in [7, 11) is 0. The van der Waals surface area contributed by atoms with E-state index >= 15 is 0 Å². The fourth-order valence-electron chi connectivity index (χ4n) is 0.896. The van der Waals surface area contributed by atoms with E-state index in [1.54, 1.807) is 11.8 Å². The van der Waals surface area contributed by atoms with Gasteiger partial charge in [0, 0.05) is 5.75 Å². The molecule has 0 aliphatic heterocycles. The Hall–Kier alpha value is -0.180. The predicted octanol–water partition coefficient (Wildman–Crippen LogP) is 0.764. The van der Waals surface area contributed by atoms with Gasteiger partial charge < -0.3 is 0 Å². The molecule has 0 aromatic rings. The van der Waals surface area contributed by atoms with Crippen molar-refractivity contribution < 1.29 is 5.41 Å². The van der Waals surface area contributed by atoms with Gasteiger partial charge in [-0.05, 0) is 18.2 Å². The zero-order valence-electron chi connectivity index (χ0n) is 7.31. The predicted molar refractivity (Wildman–Crippen MR) is 52.3 cm³/mol. The van der Waals surface area contributed by atoms with Gasteiger partial charge in [0.1, 0.15) is 0 Å². The molecule has 3 heteroatoms. The van der Waals surface area contributed by atoms with Gasteiger partial charge in [-0.1, -0.05) is 32.6 Å². The molecule has 0 rings (SSSR count). The fourth-order valence-corrected chi connectivity index (χ4v) is 1.48. The van der Waals surface area contributed by atoms with Gasteiger partial charge in [0.05, 0.1) is 0 Å². The highest BCUT2D eigenvalue weighted by Crippen LogP contribution is 2.06. The number of amidine groups is 1. The van der Waals surface area contributed by atoms with Gasteiger partial charge in [0.25, 0.3) is 5.17 Å². The topological polar surface area (TPSA) is 51.6 Å². The minimum Gasteiger partial charge on any atom is -0.282 e. The molecule has 0 aliphatic carbocycles. The Bertz CT molecular complexity index is 104. The van der Waals surface area contributed by atoms with Gasteiger partial charge in [-0.25, -0.2) is 0 Å². The molecule has 0 atom stereocenters. The Morgan fingerprint density at radius 1 is 1.27 bits per heavy atom. The lowest BCUT2D eigenvalue weighted by Crippen LogP contribution is -2.43. The third-order valence-electron chi connectivity index (χ3n) is 1.52. The Labute approximate surface area is 73.4 Å². The van der Waals surface area contributed by atoms with Crippen molar-refractivity contribution in [1.29, 1.82) is 0 Å². The summed E-state index contributed by atoms with van der Waals surface area (Å²) in [6.07, 6.45) is 6.56. The molecular formula is C8H19N2S+. The fraction of sp³-hybridized carbons (Fsp3) is 0.875. The highest BCUT2D eigenvalue weighted by atomic mass is 32.2. The van der Waals surface area contributed by atoms with Crippen LogP contribution in [0.3, 0.4) is 0 Å². The van der Waals surface area contributed by atoms with Crippen LogP contribution in [0.15, 0.2) is 0 Å². The van der Waals surface area contributed by atoms with Crippen LogP contribution in [0.25, 0.3) is 0 Å². The lowest BCUT2D eigenvalue weighted by Gasteiger charge is -1.96. The summed E-state index contributed by atoms with van der Waals surface area (Å²) in [4.78, 5) is 0. The second-order valence-corrected chi connectivity index (χ2v) is 3.83. The third kappa shape index (κ3) is 9.82. The van der Waals surface area contributed by atoms with Crippen molar-refractivity contribution in [3.05, 3.63) is 0 Å². The summed E-state index contributed by atoms with van der Waals surface area (Å²) in [6, 6.07) is 0. The molecule has 0 spiro atoms. The van der Waals surface area contributed by atoms with Crippen molar-refractivity contribution in [2.45, 2.75) is 39.0 Å². The maximum Gasteiger partial charge on any atom is 0.299 e. The van der Waals surface area contributed by atoms with Crippen molar-refractivity contribution in [2.24, 2.45) is 5.73 Å². The van der Waals surface area contributed by atoms with Gasteiger partial charge in [0.2, 0.25) is 0 Å². The van der Waals surface area contributed by atoms with E-state index in [2.05, 4.69) is 6.92 Å². The second kappa shape index (κ2) is 7.92. The van der Waals surface area contributed by atoms with E-state index in [4.69, 9.17) is 11.1 Å². The second-order valence-electron chi connectivity index (χ2n) is 2.67. The van der Waals surface area contributed by atoms with E-state index in [0.717, 1.165) is 5.75 Å².